The zero-order valence-electron chi connectivity index (χ0n) is 34.2. The Morgan fingerprint density at radius 3 is 2.48 bits per heavy atom. The average Bonchev–Trinajstić information content (AvgIpc) is 3.78. The van der Waals surface area contributed by atoms with Gasteiger partial charge in [0.1, 0.15) is 6.67 Å². The molecular formula is C54H54N4. The Balaban J connectivity index is 1.08. The number of aryl methyl sites for hydroxylation is 1. The SMILES string of the molecule is CCc1ccccc1-c1cccc(C(=NCN2C3=C(C=CCC3)C3CC4C(=CC32)N(C2=CC(C3=CCCC=C3)CC=C2)c2ccccc24)c2ccccc2NC)c1C. The summed E-state index contributed by atoms with van der Waals surface area (Å²) in [4.78, 5) is 11.0. The first-order chi connectivity index (χ1) is 28.6. The Bertz CT molecular complexity index is 2520. The van der Waals surface area contributed by atoms with Crippen LogP contribution < -0.4 is 10.2 Å². The molecule has 4 aliphatic carbocycles. The van der Waals surface area contributed by atoms with Gasteiger partial charge in [-0.25, -0.2) is 0 Å². The Hall–Kier alpha value is -5.87. The van der Waals surface area contributed by atoms with Crippen LogP contribution in [0.2, 0.25) is 0 Å². The predicted octanol–water partition coefficient (Wildman–Crippen LogP) is 12.6. The van der Waals surface area contributed by atoms with Gasteiger partial charge in [-0.2, -0.15) is 0 Å². The Kier molecular flexibility index (Phi) is 9.73. The van der Waals surface area contributed by atoms with Gasteiger partial charge in [0.05, 0.1) is 11.8 Å². The van der Waals surface area contributed by atoms with E-state index in [0.29, 0.717) is 24.4 Å². The Labute approximate surface area is 345 Å². The number of para-hydroxylation sites is 2. The topological polar surface area (TPSA) is 30.9 Å². The third-order valence-corrected chi connectivity index (χ3v) is 13.6. The van der Waals surface area contributed by atoms with Crippen LogP contribution in [0.5, 0.6) is 0 Å². The van der Waals surface area contributed by atoms with Gasteiger partial charge in [-0.05, 0) is 115 Å². The van der Waals surface area contributed by atoms with Gasteiger partial charge in [0.25, 0.3) is 0 Å². The highest BCUT2D eigenvalue weighted by Gasteiger charge is 2.48. The van der Waals surface area contributed by atoms with Gasteiger partial charge < -0.3 is 15.1 Å². The number of hydrogen-bond donors (Lipinski definition) is 1. The molecule has 4 atom stereocenters. The highest BCUT2D eigenvalue weighted by molar-refractivity contribution is 6.17. The number of nitrogens with zero attached hydrogens (tertiary/aromatic N) is 3. The maximum absolute atomic E-state index is 5.74. The predicted molar refractivity (Wildman–Crippen MR) is 243 cm³/mol. The lowest BCUT2D eigenvalue weighted by Crippen LogP contribution is -2.38. The first kappa shape index (κ1) is 36.5. The zero-order chi connectivity index (χ0) is 39.2. The van der Waals surface area contributed by atoms with Crippen molar-refractivity contribution in [1.82, 2.24) is 4.90 Å². The highest BCUT2D eigenvalue weighted by atomic mass is 15.3. The van der Waals surface area contributed by atoms with E-state index in [4.69, 9.17) is 4.99 Å². The number of allylic oxidation sites excluding steroid dienone is 11. The summed E-state index contributed by atoms with van der Waals surface area (Å²) in [6, 6.07) is 33.7. The van der Waals surface area contributed by atoms with Crippen LogP contribution in [0, 0.1) is 18.8 Å². The summed E-state index contributed by atoms with van der Waals surface area (Å²) in [7, 11) is 2.02. The number of nitrogens with one attached hydrogen (secondary N) is 1. The van der Waals surface area contributed by atoms with Gasteiger partial charge >= 0.3 is 0 Å². The van der Waals surface area contributed by atoms with E-state index in [2.05, 4.69) is 175 Å². The minimum Gasteiger partial charge on any atom is -0.388 e. The lowest BCUT2D eigenvalue weighted by atomic mass is 9.76. The molecule has 290 valence electrons. The molecule has 10 rings (SSSR count). The summed E-state index contributed by atoms with van der Waals surface area (Å²) >= 11 is 0. The van der Waals surface area contributed by atoms with Crippen LogP contribution in [0.3, 0.4) is 0 Å². The maximum atomic E-state index is 5.74. The first-order valence-corrected chi connectivity index (χ1v) is 21.6. The van der Waals surface area contributed by atoms with Crippen LogP contribution in [-0.4, -0.2) is 30.4 Å². The van der Waals surface area contributed by atoms with Crippen LogP contribution in [0.15, 0.2) is 179 Å². The molecule has 4 aromatic rings. The molecule has 0 saturated heterocycles. The van der Waals surface area contributed by atoms with Crippen molar-refractivity contribution in [3.63, 3.8) is 0 Å². The number of anilines is 2. The van der Waals surface area contributed by atoms with Crippen molar-refractivity contribution in [2.24, 2.45) is 16.8 Å². The van der Waals surface area contributed by atoms with Gasteiger partial charge in [0.2, 0.25) is 0 Å². The van der Waals surface area contributed by atoms with E-state index in [9.17, 15) is 0 Å². The molecule has 2 heterocycles. The maximum Gasteiger partial charge on any atom is 0.111 e. The van der Waals surface area contributed by atoms with Gasteiger partial charge in [-0.1, -0.05) is 128 Å². The molecule has 0 saturated carbocycles. The zero-order valence-corrected chi connectivity index (χ0v) is 34.2. The van der Waals surface area contributed by atoms with Gasteiger partial charge in [0.15, 0.2) is 0 Å². The molecule has 1 N–H and O–H groups in total. The molecule has 0 fully saturated rings. The molecule has 0 aromatic heterocycles. The summed E-state index contributed by atoms with van der Waals surface area (Å²) in [6.07, 6.45) is 29.6. The molecule has 4 heteroatoms. The summed E-state index contributed by atoms with van der Waals surface area (Å²) in [6.45, 7) is 5.13. The van der Waals surface area contributed by atoms with Crippen LogP contribution in [0.4, 0.5) is 11.4 Å². The summed E-state index contributed by atoms with van der Waals surface area (Å²) in [5, 5.41) is 3.50. The minimum absolute atomic E-state index is 0.233. The number of benzene rings is 4. The first-order valence-electron chi connectivity index (χ1n) is 21.6. The van der Waals surface area contributed by atoms with Gasteiger partial charge in [-0.15, -0.1) is 0 Å². The standard InChI is InChI=1S/C54H54N4/c1-4-37-18-8-9-23-43(37)41-27-17-28-42(36(41)2)54(46-26-10-13-29-49(46)55-3)56-35-57-50-30-14-11-24-44(50)47-33-48-45-25-12-15-31-51(45)58(53(48)34-52(47)57)40-22-16-21-39(32-40)38-19-6-5-7-20-38/h6,8-13,15-20,22-29,31-32,34,39,47-48,52,55H,4-5,7,14,21,30,33,35H2,1-3H3. The molecule has 4 unspecified atom stereocenters. The van der Waals surface area contributed by atoms with Crippen LogP contribution >= 0.6 is 0 Å². The lowest BCUT2D eigenvalue weighted by Gasteiger charge is -2.37. The smallest absolute Gasteiger partial charge is 0.111 e. The number of rotatable bonds is 9. The van der Waals surface area contributed by atoms with Crippen molar-refractivity contribution in [3.8, 4) is 11.1 Å². The third kappa shape index (κ3) is 6.25. The fraction of sp³-hybridized carbons (Fsp3) is 0.278. The molecule has 0 spiro atoms. The summed E-state index contributed by atoms with van der Waals surface area (Å²) < 4.78 is 0. The summed E-state index contributed by atoms with van der Waals surface area (Å²) in [5.41, 5.74) is 19.7. The van der Waals surface area contributed by atoms with Crippen molar-refractivity contribution in [2.45, 2.75) is 70.8 Å². The van der Waals surface area contributed by atoms with Crippen LogP contribution in [0.1, 0.15) is 79.2 Å². The highest BCUT2D eigenvalue weighted by Crippen LogP contribution is 2.56. The monoisotopic (exact) mass is 758 g/mol. The molecule has 0 radical (unpaired) electrons. The van der Waals surface area contributed by atoms with E-state index >= 15 is 0 Å². The minimum atomic E-state index is 0.233. The lowest BCUT2D eigenvalue weighted by molar-refractivity contribution is 0.261. The van der Waals surface area contributed by atoms with Crippen molar-refractivity contribution in [3.05, 3.63) is 202 Å². The van der Waals surface area contributed by atoms with Crippen molar-refractivity contribution < 1.29 is 0 Å². The van der Waals surface area contributed by atoms with Gasteiger partial charge in [-0.3, -0.25) is 4.99 Å². The van der Waals surface area contributed by atoms with E-state index in [0.717, 1.165) is 61.9 Å². The molecule has 6 aliphatic rings. The quantitative estimate of drug-likeness (QED) is 0.172. The molecule has 0 bridgehead atoms. The largest absolute Gasteiger partial charge is 0.388 e. The molecule has 4 nitrogen and oxygen atoms in total. The molecule has 4 aromatic carbocycles. The number of fused-ring (bicyclic) bond motifs is 5. The van der Waals surface area contributed by atoms with Crippen molar-refractivity contribution >= 4 is 17.1 Å². The fourth-order valence-corrected chi connectivity index (χ4v) is 10.7. The van der Waals surface area contributed by atoms with Crippen molar-refractivity contribution in [1.29, 1.82) is 0 Å². The second kappa shape index (κ2) is 15.5. The van der Waals surface area contributed by atoms with E-state index in [1.54, 1.807) is 0 Å². The second-order valence-electron chi connectivity index (χ2n) is 16.6. The van der Waals surface area contributed by atoms with E-state index in [1.165, 1.54) is 67.3 Å². The normalized spacial score (nSPS) is 23.2. The number of aliphatic imine (C=N–C) groups is 1. The van der Waals surface area contributed by atoms with E-state index in [-0.39, 0.29) is 6.04 Å². The third-order valence-electron chi connectivity index (χ3n) is 13.6. The molecule has 58 heavy (non-hydrogen) atoms. The second-order valence-corrected chi connectivity index (χ2v) is 16.6. The average molecular weight is 759 g/mol. The Morgan fingerprint density at radius 1 is 0.793 bits per heavy atom. The van der Waals surface area contributed by atoms with E-state index < -0.39 is 0 Å². The van der Waals surface area contributed by atoms with Gasteiger partial charge in [0, 0.05) is 64.4 Å². The summed E-state index contributed by atoms with van der Waals surface area (Å²) in [5.74, 6) is 1.20. The molecular weight excluding hydrogens is 705 g/mol. The molecule has 0 amide bonds. The number of hydrogen-bond acceptors (Lipinski definition) is 4. The Morgan fingerprint density at radius 2 is 1.60 bits per heavy atom. The van der Waals surface area contributed by atoms with Crippen LogP contribution in [0.25, 0.3) is 11.1 Å². The van der Waals surface area contributed by atoms with Crippen LogP contribution in [-0.2, 0) is 6.42 Å². The van der Waals surface area contributed by atoms with E-state index in [1.807, 2.05) is 7.05 Å². The van der Waals surface area contributed by atoms with Crippen molar-refractivity contribution in [2.75, 3.05) is 23.9 Å². The fourth-order valence-electron chi connectivity index (χ4n) is 10.7. The molecule has 2 aliphatic heterocycles.